The number of nitrogens with zero attached hydrogens (tertiary/aromatic N) is 1. The van der Waals surface area contributed by atoms with E-state index in [9.17, 15) is 0 Å². The second-order valence-corrected chi connectivity index (χ2v) is 4.57. The quantitative estimate of drug-likeness (QED) is 0.696. The highest BCUT2D eigenvalue weighted by Gasteiger charge is 2.17. The van der Waals surface area contributed by atoms with Crippen LogP contribution >= 0.6 is 11.3 Å². The molecule has 1 aliphatic heterocycles. The Labute approximate surface area is 88.1 Å². The average Bonchev–Trinajstić information content (AvgIpc) is 2.68. The van der Waals surface area contributed by atoms with Gasteiger partial charge in [0.1, 0.15) is 0 Å². The molecule has 5 heteroatoms. The van der Waals surface area contributed by atoms with Crippen molar-refractivity contribution in [2.75, 3.05) is 18.0 Å². The second-order valence-electron chi connectivity index (χ2n) is 3.63. The fourth-order valence-electron chi connectivity index (χ4n) is 1.80. The molecule has 76 valence electrons. The van der Waals surface area contributed by atoms with Gasteiger partial charge in [-0.2, -0.15) is 11.3 Å². The Balaban J connectivity index is 2.07. The highest BCUT2D eigenvalue weighted by atomic mass is 32.1. The van der Waals surface area contributed by atoms with E-state index in [1.807, 2.05) is 11.4 Å². The molecular formula is C9H14BNO2S. The van der Waals surface area contributed by atoms with Gasteiger partial charge in [-0.1, -0.05) is 0 Å². The Morgan fingerprint density at radius 1 is 1.21 bits per heavy atom. The summed E-state index contributed by atoms with van der Waals surface area (Å²) in [6.07, 6.45) is 3.80. The first-order valence-corrected chi connectivity index (χ1v) is 5.85. The van der Waals surface area contributed by atoms with Gasteiger partial charge in [-0.05, 0) is 25.3 Å². The average molecular weight is 211 g/mol. The molecule has 0 bridgehead atoms. The molecule has 0 radical (unpaired) electrons. The summed E-state index contributed by atoms with van der Waals surface area (Å²) < 4.78 is 0.630. The molecule has 0 spiro atoms. The van der Waals surface area contributed by atoms with E-state index in [-0.39, 0.29) is 0 Å². The van der Waals surface area contributed by atoms with E-state index in [1.54, 1.807) is 0 Å². The summed E-state index contributed by atoms with van der Waals surface area (Å²) in [5.74, 6) is 0. The van der Waals surface area contributed by atoms with Gasteiger partial charge in [0.15, 0.2) is 0 Å². The largest absolute Gasteiger partial charge is 0.499 e. The Morgan fingerprint density at radius 2 is 1.93 bits per heavy atom. The molecular weight excluding hydrogens is 197 g/mol. The Morgan fingerprint density at radius 3 is 2.50 bits per heavy atom. The minimum Gasteiger partial charge on any atom is -0.423 e. The van der Waals surface area contributed by atoms with Gasteiger partial charge in [-0.3, -0.25) is 0 Å². The van der Waals surface area contributed by atoms with Gasteiger partial charge in [0.25, 0.3) is 0 Å². The van der Waals surface area contributed by atoms with Crippen LogP contribution in [0.2, 0.25) is 0 Å². The summed E-state index contributed by atoms with van der Waals surface area (Å²) in [4.78, 5) is 2.31. The van der Waals surface area contributed by atoms with Gasteiger partial charge in [0.05, 0.1) is 0 Å². The van der Waals surface area contributed by atoms with Crippen LogP contribution in [0.15, 0.2) is 11.4 Å². The molecule has 1 saturated heterocycles. The van der Waals surface area contributed by atoms with Gasteiger partial charge in [-0.15, -0.1) is 0 Å². The molecule has 0 unspecified atom stereocenters. The van der Waals surface area contributed by atoms with Crippen molar-refractivity contribution in [1.82, 2.24) is 0 Å². The molecule has 0 amide bonds. The van der Waals surface area contributed by atoms with Crippen LogP contribution in [0.4, 0.5) is 5.69 Å². The van der Waals surface area contributed by atoms with Crippen LogP contribution in [0.25, 0.3) is 0 Å². The highest BCUT2D eigenvalue weighted by Crippen LogP contribution is 2.21. The summed E-state index contributed by atoms with van der Waals surface area (Å²) in [7, 11) is -1.32. The maximum absolute atomic E-state index is 8.98. The van der Waals surface area contributed by atoms with Crippen molar-refractivity contribution in [3.8, 4) is 0 Å². The van der Waals surface area contributed by atoms with Crippen molar-refractivity contribution in [3.63, 3.8) is 0 Å². The number of rotatable bonds is 2. The lowest BCUT2D eigenvalue weighted by atomic mass is 9.89. The normalized spacial score (nSPS) is 17.1. The maximum Gasteiger partial charge on any atom is 0.499 e. The van der Waals surface area contributed by atoms with E-state index in [0.29, 0.717) is 4.78 Å². The molecule has 0 aliphatic carbocycles. The molecule has 0 atom stereocenters. The third-order valence-corrected chi connectivity index (χ3v) is 3.54. The third kappa shape index (κ3) is 2.11. The van der Waals surface area contributed by atoms with Gasteiger partial charge in [-0.25, -0.2) is 0 Å². The van der Waals surface area contributed by atoms with Crippen LogP contribution in [-0.2, 0) is 0 Å². The summed E-state index contributed by atoms with van der Waals surface area (Å²) >= 11 is 1.41. The molecule has 1 aliphatic rings. The molecule has 3 nitrogen and oxygen atoms in total. The number of hydrogen-bond donors (Lipinski definition) is 2. The van der Waals surface area contributed by atoms with Crippen molar-refractivity contribution < 1.29 is 10.0 Å². The SMILES string of the molecule is OB(O)c1cc(N2CCCCC2)cs1. The van der Waals surface area contributed by atoms with Crippen LogP contribution in [0.1, 0.15) is 19.3 Å². The summed E-state index contributed by atoms with van der Waals surface area (Å²) in [5, 5.41) is 20.0. The van der Waals surface area contributed by atoms with Gasteiger partial charge in [0, 0.05) is 28.9 Å². The predicted molar refractivity (Wildman–Crippen MR) is 60.2 cm³/mol. The minimum absolute atomic E-state index is 0.630. The number of thiophene rings is 1. The molecule has 1 fully saturated rings. The van der Waals surface area contributed by atoms with E-state index in [0.717, 1.165) is 18.8 Å². The van der Waals surface area contributed by atoms with Crippen LogP contribution in [0.3, 0.4) is 0 Å². The van der Waals surface area contributed by atoms with Crippen LogP contribution < -0.4 is 9.68 Å². The van der Waals surface area contributed by atoms with Crippen molar-refractivity contribution in [2.24, 2.45) is 0 Å². The number of piperidine rings is 1. The monoisotopic (exact) mass is 211 g/mol. The van der Waals surface area contributed by atoms with E-state index < -0.39 is 7.12 Å². The molecule has 14 heavy (non-hydrogen) atoms. The zero-order valence-electron chi connectivity index (χ0n) is 8.02. The number of hydrogen-bond acceptors (Lipinski definition) is 4. The lowest BCUT2D eigenvalue weighted by Gasteiger charge is -2.27. The molecule has 0 saturated carbocycles. The zero-order chi connectivity index (χ0) is 9.97. The van der Waals surface area contributed by atoms with Gasteiger partial charge in [0.2, 0.25) is 0 Å². The van der Waals surface area contributed by atoms with E-state index in [1.165, 1.54) is 30.6 Å². The van der Waals surface area contributed by atoms with E-state index in [2.05, 4.69) is 4.90 Å². The molecule has 2 rings (SSSR count). The first kappa shape index (κ1) is 10.0. The number of anilines is 1. The fraction of sp³-hybridized carbons (Fsp3) is 0.556. The standard InChI is InChI=1S/C9H14BNO2S/c12-10(13)9-6-8(7-14-9)11-4-2-1-3-5-11/h6-7,12-13H,1-5H2. The van der Waals surface area contributed by atoms with Crippen LogP contribution in [0, 0.1) is 0 Å². The molecule has 1 aromatic heterocycles. The molecule has 1 aromatic rings. The van der Waals surface area contributed by atoms with Crippen molar-refractivity contribution >= 4 is 28.9 Å². The highest BCUT2D eigenvalue weighted by molar-refractivity contribution is 7.20. The molecule has 2 N–H and O–H groups in total. The van der Waals surface area contributed by atoms with Crippen LogP contribution in [-0.4, -0.2) is 30.3 Å². The molecule has 2 heterocycles. The third-order valence-electron chi connectivity index (χ3n) is 2.58. The molecule has 0 aromatic carbocycles. The maximum atomic E-state index is 8.98. The predicted octanol–water partition coefficient (Wildman–Crippen LogP) is 0.418. The Kier molecular flexibility index (Phi) is 3.10. The smallest absolute Gasteiger partial charge is 0.423 e. The Hall–Kier alpha value is -0.515. The van der Waals surface area contributed by atoms with Crippen molar-refractivity contribution in [1.29, 1.82) is 0 Å². The topological polar surface area (TPSA) is 43.7 Å². The first-order chi connectivity index (χ1) is 6.77. The van der Waals surface area contributed by atoms with Crippen LogP contribution in [0.5, 0.6) is 0 Å². The lowest BCUT2D eigenvalue weighted by Crippen LogP contribution is -2.30. The van der Waals surface area contributed by atoms with E-state index >= 15 is 0 Å². The summed E-state index contributed by atoms with van der Waals surface area (Å²) in [6, 6.07) is 1.88. The summed E-state index contributed by atoms with van der Waals surface area (Å²) in [5.41, 5.74) is 1.14. The van der Waals surface area contributed by atoms with E-state index in [4.69, 9.17) is 10.0 Å². The van der Waals surface area contributed by atoms with Gasteiger partial charge < -0.3 is 14.9 Å². The van der Waals surface area contributed by atoms with Gasteiger partial charge >= 0.3 is 7.12 Å². The first-order valence-electron chi connectivity index (χ1n) is 4.97. The van der Waals surface area contributed by atoms with Crippen molar-refractivity contribution in [2.45, 2.75) is 19.3 Å². The van der Waals surface area contributed by atoms with Crippen molar-refractivity contribution in [3.05, 3.63) is 11.4 Å². The lowest BCUT2D eigenvalue weighted by molar-refractivity contribution is 0.427. The Bertz CT molecular complexity index is 297. The second kappa shape index (κ2) is 4.34. The fourth-order valence-corrected chi connectivity index (χ4v) is 2.58. The summed E-state index contributed by atoms with van der Waals surface area (Å²) in [6.45, 7) is 2.19. The zero-order valence-corrected chi connectivity index (χ0v) is 8.83. The minimum atomic E-state index is -1.32.